The fraction of sp³-hybridized carbons (Fsp3) is 0.176. The van der Waals surface area contributed by atoms with Gasteiger partial charge >= 0.3 is 0 Å². The molecule has 1 heterocycles. The second kappa shape index (κ2) is 6.91. The number of nitrogens with zero attached hydrogens (tertiary/aromatic N) is 1. The van der Waals surface area contributed by atoms with E-state index in [0.29, 0.717) is 15.7 Å². The summed E-state index contributed by atoms with van der Waals surface area (Å²) < 4.78 is 0.465. The van der Waals surface area contributed by atoms with Crippen molar-refractivity contribution < 1.29 is 4.79 Å². The van der Waals surface area contributed by atoms with E-state index in [4.69, 9.17) is 5.26 Å². The predicted octanol–water partition coefficient (Wildman–Crippen LogP) is 4.29. The van der Waals surface area contributed by atoms with Crippen molar-refractivity contribution in [2.45, 2.75) is 4.58 Å². The molecule has 1 saturated heterocycles. The summed E-state index contributed by atoms with van der Waals surface area (Å²) >= 11 is 3.89. The van der Waals surface area contributed by atoms with Crippen LogP contribution in [-0.2, 0) is 0 Å². The van der Waals surface area contributed by atoms with E-state index in [1.807, 2.05) is 47.8 Å². The van der Waals surface area contributed by atoms with Crippen LogP contribution in [0.25, 0.3) is 0 Å². The monoisotopic (exact) mass is 326 g/mol. The van der Waals surface area contributed by atoms with Crippen LogP contribution in [0.3, 0.4) is 0 Å². The standard InChI is InChI=1S/C17H14N2OS2/c18-11-12-4-6-13(7-5-12)16(20)19-15-3-1-2-14(10-15)17-21-8-9-22-17/h1-7,10,17H,8-9H2,(H,19,20). The molecule has 3 nitrogen and oxygen atoms in total. The largest absolute Gasteiger partial charge is 0.322 e. The van der Waals surface area contributed by atoms with Crippen molar-refractivity contribution in [2.24, 2.45) is 0 Å². The van der Waals surface area contributed by atoms with Gasteiger partial charge < -0.3 is 5.32 Å². The van der Waals surface area contributed by atoms with E-state index in [0.717, 1.165) is 5.69 Å². The Balaban J connectivity index is 1.73. The first kappa shape index (κ1) is 15.0. The number of hydrogen-bond donors (Lipinski definition) is 1. The molecule has 1 fully saturated rings. The van der Waals surface area contributed by atoms with Gasteiger partial charge in [0.15, 0.2) is 0 Å². The summed E-state index contributed by atoms with van der Waals surface area (Å²) in [5, 5.41) is 11.7. The molecule has 22 heavy (non-hydrogen) atoms. The molecule has 1 aliphatic rings. The van der Waals surface area contributed by atoms with Crippen LogP contribution >= 0.6 is 23.5 Å². The van der Waals surface area contributed by atoms with E-state index in [-0.39, 0.29) is 5.91 Å². The number of amides is 1. The molecule has 0 bridgehead atoms. The minimum Gasteiger partial charge on any atom is -0.322 e. The Morgan fingerprint density at radius 2 is 1.86 bits per heavy atom. The first-order valence-corrected chi connectivity index (χ1v) is 9.01. The topological polar surface area (TPSA) is 52.9 Å². The summed E-state index contributed by atoms with van der Waals surface area (Å²) in [6.07, 6.45) is 0. The van der Waals surface area contributed by atoms with Crippen molar-refractivity contribution in [2.75, 3.05) is 16.8 Å². The average Bonchev–Trinajstić information content (AvgIpc) is 3.10. The number of nitriles is 1. The van der Waals surface area contributed by atoms with Crippen LogP contribution in [0.15, 0.2) is 48.5 Å². The normalized spacial score (nSPS) is 14.5. The molecule has 1 N–H and O–H groups in total. The van der Waals surface area contributed by atoms with Gasteiger partial charge in [-0.2, -0.15) is 5.26 Å². The van der Waals surface area contributed by atoms with Crippen LogP contribution in [0, 0.1) is 11.3 Å². The van der Waals surface area contributed by atoms with E-state index < -0.39 is 0 Å². The lowest BCUT2D eigenvalue weighted by Crippen LogP contribution is -2.11. The third-order valence-electron chi connectivity index (χ3n) is 3.31. The quantitative estimate of drug-likeness (QED) is 0.914. The maximum Gasteiger partial charge on any atom is 0.255 e. The number of rotatable bonds is 3. The molecule has 0 radical (unpaired) electrons. The van der Waals surface area contributed by atoms with Crippen LogP contribution in [0.4, 0.5) is 5.69 Å². The second-order valence-electron chi connectivity index (χ2n) is 4.84. The number of hydrogen-bond acceptors (Lipinski definition) is 4. The lowest BCUT2D eigenvalue weighted by molar-refractivity contribution is 0.102. The van der Waals surface area contributed by atoms with Crippen molar-refractivity contribution in [3.05, 3.63) is 65.2 Å². The number of carbonyl (C=O) groups is 1. The second-order valence-corrected chi connectivity index (χ2v) is 7.57. The summed E-state index contributed by atoms with van der Waals surface area (Å²) in [6, 6.07) is 16.7. The van der Waals surface area contributed by atoms with Crippen LogP contribution in [-0.4, -0.2) is 17.4 Å². The van der Waals surface area contributed by atoms with Gasteiger partial charge in [-0.25, -0.2) is 0 Å². The van der Waals surface area contributed by atoms with Gasteiger partial charge in [0.1, 0.15) is 0 Å². The van der Waals surface area contributed by atoms with Crippen LogP contribution in [0.2, 0.25) is 0 Å². The smallest absolute Gasteiger partial charge is 0.255 e. The third-order valence-corrected chi connectivity index (χ3v) is 6.42. The van der Waals surface area contributed by atoms with Gasteiger partial charge in [-0.1, -0.05) is 12.1 Å². The van der Waals surface area contributed by atoms with Gasteiger partial charge in [-0.15, -0.1) is 23.5 Å². The first-order chi connectivity index (χ1) is 10.8. The Kier molecular flexibility index (Phi) is 4.71. The average molecular weight is 326 g/mol. The van der Waals surface area contributed by atoms with Crippen molar-refractivity contribution >= 4 is 35.1 Å². The highest BCUT2D eigenvalue weighted by Gasteiger charge is 2.18. The van der Waals surface area contributed by atoms with E-state index in [9.17, 15) is 4.79 Å². The fourth-order valence-electron chi connectivity index (χ4n) is 2.21. The van der Waals surface area contributed by atoms with Gasteiger partial charge in [0, 0.05) is 22.8 Å². The lowest BCUT2D eigenvalue weighted by atomic mass is 10.1. The highest BCUT2D eigenvalue weighted by Crippen LogP contribution is 2.45. The molecule has 0 spiro atoms. The predicted molar refractivity (Wildman–Crippen MR) is 93.2 cm³/mol. The Morgan fingerprint density at radius 1 is 1.14 bits per heavy atom. The zero-order chi connectivity index (χ0) is 15.4. The van der Waals surface area contributed by atoms with Crippen molar-refractivity contribution in [3.8, 4) is 6.07 Å². The molecule has 0 aliphatic carbocycles. The molecule has 1 amide bonds. The maximum atomic E-state index is 12.2. The Morgan fingerprint density at radius 3 is 2.55 bits per heavy atom. The van der Waals surface area contributed by atoms with Crippen molar-refractivity contribution in [1.29, 1.82) is 5.26 Å². The van der Waals surface area contributed by atoms with E-state index >= 15 is 0 Å². The minimum absolute atomic E-state index is 0.159. The zero-order valence-corrected chi connectivity index (χ0v) is 13.4. The molecule has 2 aromatic carbocycles. The van der Waals surface area contributed by atoms with Gasteiger partial charge in [0.05, 0.1) is 16.2 Å². The number of anilines is 1. The summed E-state index contributed by atoms with van der Waals surface area (Å²) in [7, 11) is 0. The molecular formula is C17H14N2OS2. The fourth-order valence-corrected chi connectivity index (χ4v) is 5.05. The molecule has 5 heteroatoms. The van der Waals surface area contributed by atoms with Crippen LogP contribution in [0.5, 0.6) is 0 Å². The maximum absolute atomic E-state index is 12.2. The van der Waals surface area contributed by atoms with E-state index in [2.05, 4.69) is 11.4 Å². The molecule has 0 saturated carbocycles. The lowest BCUT2D eigenvalue weighted by Gasteiger charge is -2.11. The first-order valence-electron chi connectivity index (χ1n) is 6.91. The third kappa shape index (κ3) is 3.46. The van der Waals surface area contributed by atoms with E-state index in [1.54, 1.807) is 24.3 Å². The summed E-state index contributed by atoms with van der Waals surface area (Å²) in [5.41, 5.74) is 3.15. The van der Waals surface area contributed by atoms with Gasteiger partial charge in [-0.05, 0) is 42.0 Å². The van der Waals surface area contributed by atoms with Crippen LogP contribution in [0.1, 0.15) is 26.1 Å². The molecule has 0 unspecified atom stereocenters. The minimum atomic E-state index is -0.159. The van der Waals surface area contributed by atoms with Gasteiger partial charge in [0.25, 0.3) is 5.91 Å². The molecule has 0 atom stereocenters. The molecule has 1 aliphatic heterocycles. The van der Waals surface area contributed by atoms with Gasteiger partial charge in [0.2, 0.25) is 0 Å². The SMILES string of the molecule is N#Cc1ccc(C(=O)Nc2cccc(C3SCCS3)c2)cc1. The van der Waals surface area contributed by atoms with Gasteiger partial charge in [-0.3, -0.25) is 4.79 Å². The van der Waals surface area contributed by atoms with Crippen molar-refractivity contribution in [3.63, 3.8) is 0 Å². The molecule has 3 rings (SSSR count). The molecular weight excluding hydrogens is 312 g/mol. The Bertz CT molecular complexity index is 716. The molecule has 0 aromatic heterocycles. The Labute approximate surface area is 138 Å². The Hall–Kier alpha value is -1.90. The summed E-state index contributed by atoms with van der Waals surface area (Å²) in [5.74, 6) is 2.20. The number of benzene rings is 2. The number of carbonyl (C=O) groups excluding carboxylic acids is 1. The van der Waals surface area contributed by atoms with Crippen LogP contribution < -0.4 is 5.32 Å². The zero-order valence-electron chi connectivity index (χ0n) is 11.8. The highest BCUT2D eigenvalue weighted by atomic mass is 32.2. The number of thioether (sulfide) groups is 2. The number of nitrogens with one attached hydrogen (secondary N) is 1. The van der Waals surface area contributed by atoms with E-state index in [1.165, 1.54) is 17.1 Å². The molecule has 2 aromatic rings. The summed E-state index contributed by atoms with van der Waals surface area (Å²) in [6.45, 7) is 0. The molecule has 110 valence electrons. The van der Waals surface area contributed by atoms with Crippen molar-refractivity contribution in [1.82, 2.24) is 0 Å². The highest BCUT2D eigenvalue weighted by molar-refractivity contribution is 8.19. The summed E-state index contributed by atoms with van der Waals surface area (Å²) in [4.78, 5) is 12.2.